The van der Waals surface area contributed by atoms with Gasteiger partial charge in [0.05, 0.1) is 15.9 Å². The molecule has 78 valence electrons. The van der Waals surface area contributed by atoms with Crippen LogP contribution in [-0.2, 0) is 0 Å². The van der Waals surface area contributed by atoms with E-state index in [1.165, 1.54) is 6.07 Å². The first kappa shape index (κ1) is 10.6. The van der Waals surface area contributed by atoms with Gasteiger partial charge in [-0.3, -0.25) is 25.7 Å². The van der Waals surface area contributed by atoms with Gasteiger partial charge in [-0.25, -0.2) is 0 Å². The number of benzene rings is 1. The summed E-state index contributed by atoms with van der Waals surface area (Å²) in [5, 5.41) is 24.2. The molecule has 1 rings (SSSR count). The fourth-order valence-corrected chi connectivity index (χ4v) is 0.964. The molecule has 8 heteroatoms. The van der Waals surface area contributed by atoms with Crippen molar-refractivity contribution in [2.24, 2.45) is 5.10 Å². The van der Waals surface area contributed by atoms with Crippen LogP contribution in [0.4, 0.5) is 17.1 Å². The Morgan fingerprint density at radius 2 is 1.93 bits per heavy atom. The van der Waals surface area contributed by atoms with Gasteiger partial charge in [0.25, 0.3) is 5.69 Å². The van der Waals surface area contributed by atoms with Crippen LogP contribution >= 0.6 is 0 Å². The molecule has 0 aromatic heterocycles. The molecule has 1 aromatic carbocycles. The van der Waals surface area contributed by atoms with Crippen molar-refractivity contribution in [3.63, 3.8) is 0 Å². The average Bonchev–Trinajstić information content (AvgIpc) is 2.18. The van der Waals surface area contributed by atoms with E-state index >= 15 is 0 Å². The molecule has 0 radical (unpaired) electrons. The number of hydrazone groups is 1. The van der Waals surface area contributed by atoms with Crippen molar-refractivity contribution in [3.8, 4) is 0 Å². The van der Waals surface area contributed by atoms with Gasteiger partial charge >= 0.3 is 5.69 Å². The van der Waals surface area contributed by atoms with E-state index in [4.69, 9.17) is 0 Å². The van der Waals surface area contributed by atoms with Crippen LogP contribution in [0.15, 0.2) is 23.3 Å². The van der Waals surface area contributed by atoms with Crippen LogP contribution in [0.5, 0.6) is 0 Å². The summed E-state index contributed by atoms with van der Waals surface area (Å²) in [6, 6.07) is 3.19. The highest BCUT2D eigenvalue weighted by atomic mass is 16.6. The van der Waals surface area contributed by atoms with Gasteiger partial charge in [0.15, 0.2) is 0 Å². The van der Waals surface area contributed by atoms with Crippen molar-refractivity contribution in [2.75, 3.05) is 5.43 Å². The molecule has 8 nitrogen and oxygen atoms in total. The van der Waals surface area contributed by atoms with Gasteiger partial charge in [0.1, 0.15) is 5.69 Å². The molecule has 0 aliphatic carbocycles. The predicted molar refractivity (Wildman–Crippen MR) is 52.9 cm³/mol. The lowest BCUT2D eigenvalue weighted by Gasteiger charge is -2.00. The molecule has 0 aliphatic heterocycles. The molecule has 1 aromatic rings. The molecule has 0 spiro atoms. The van der Waals surface area contributed by atoms with E-state index in [1.807, 2.05) is 0 Å². The van der Waals surface area contributed by atoms with Gasteiger partial charge < -0.3 is 0 Å². The minimum Gasteiger partial charge on any atom is -0.272 e. The molecule has 0 fully saturated rings. The summed E-state index contributed by atoms with van der Waals surface area (Å²) in [7, 11) is 0. The van der Waals surface area contributed by atoms with Gasteiger partial charge in [0.2, 0.25) is 0 Å². The van der Waals surface area contributed by atoms with Crippen LogP contribution in [-0.4, -0.2) is 16.6 Å². The predicted octanol–water partition coefficient (Wildman–Crippen LogP) is 1.53. The second-order valence-corrected chi connectivity index (χ2v) is 2.49. The number of anilines is 1. The van der Waals surface area contributed by atoms with Gasteiger partial charge in [0, 0.05) is 12.8 Å². The molecule has 0 bridgehead atoms. The molecule has 0 aliphatic rings. The fraction of sp³-hybridized carbons (Fsp3) is 0. The van der Waals surface area contributed by atoms with E-state index in [0.717, 1.165) is 12.1 Å². The van der Waals surface area contributed by atoms with Crippen molar-refractivity contribution < 1.29 is 9.85 Å². The number of nitrogens with zero attached hydrogens (tertiary/aromatic N) is 3. The lowest BCUT2D eigenvalue weighted by Crippen LogP contribution is -1.97. The molecule has 0 saturated heterocycles. The second kappa shape index (κ2) is 4.13. The van der Waals surface area contributed by atoms with Crippen LogP contribution < -0.4 is 5.43 Å². The van der Waals surface area contributed by atoms with Crippen molar-refractivity contribution >= 4 is 23.8 Å². The Hall–Kier alpha value is -2.51. The second-order valence-electron chi connectivity index (χ2n) is 2.49. The third kappa shape index (κ3) is 2.24. The van der Waals surface area contributed by atoms with E-state index in [0.29, 0.717) is 0 Å². The lowest BCUT2D eigenvalue weighted by atomic mass is 10.2. The Balaban J connectivity index is 3.26. The number of nitro groups is 2. The quantitative estimate of drug-likeness (QED) is 0.351. The monoisotopic (exact) mass is 211 g/mol. The van der Waals surface area contributed by atoms with E-state index in [9.17, 15) is 20.2 Å². The summed E-state index contributed by atoms with van der Waals surface area (Å²) in [5.41, 5.74) is 1.56. The molecule has 0 atom stereocenters. The molecular formula is C7H6N4O4. The van der Waals surface area contributed by atoms with Crippen molar-refractivity contribution in [3.05, 3.63) is 38.4 Å². The topological polar surface area (TPSA) is 111 Å². The normalized spacial score (nSPS) is 9.33. The molecular weight excluding hydrogens is 205 g/mol. The number of hydrogen-bond acceptors (Lipinski definition) is 6. The molecule has 0 saturated carbocycles. The first-order valence-corrected chi connectivity index (χ1v) is 3.71. The van der Waals surface area contributed by atoms with Gasteiger partial charge in [-0.1, -0.05) is 0 Å². The molecule has 1 N–H and O–H groups in total. The minimum atomic E-state index is -0.736. The zero-order chi connectivity index (χ0) is 11.4. The van der Waals surface area contributed by atoms with Crippen LogP contribution in [0.1, 0.15) is 0 Å². The summed E-state index contributed by atoms with van der Waals surface area (Å²) >= 11 is 0. The van der Waals surface area contributed by atoms with Crippen LogP contribution in [0.3, 0.4) is 0 Å². The lowest BCUT2D eigenvalue weighted by molar-refractivity contribution is -0.393. The van der Waals surface area contributed by atoms with Crippen molar-refractivity contribution in [1.29, 1.82) is 0 Å². The highest BCUT2D eigenvalue weighted by molar-refractivity contribution is 5.65. The molecule has 0 unspecified atom stereocenters. The minimum absolute atomic E-state index is 0.0561. The van der Waals surface area contributed by atoms with Crippen LogP contribution in [0.25, 0.3) is 0 Å². The summed E-state index contributed by atoms with van der Waals surface area (Å²) in [5.74, 6) is 0. The maximum Gasteiger partial charge on any atom is 0.301 e. The van der Waals surface area contributed by atoms with E-state index < -0.39 is 15.5 Å². The first-order chi connectivity index (χ1) is 7.06. The fourth-order valence-electron chi connectivity index (χ4n) is 0.964. The zero-order valence-electron chi connectivity index (χ0n) is 7.41. The van der Waals surface area contributed by atoms with Crippen molar-refractivity contribution in [2.45, 2.75) is 0 Å². The Morgan fingerprint density at radius 3 is 2.40 bits per heavy atom. The molecule has 0 amide bonds. The SMILES string of the molecule is [13CH2]=NNc1ccc([N+](=O)[O-])cc1[N+](=O)[O-]. The molecule has 15 heavy (non-hydrogen) atoms. The summed E-state index contributed by atoms with van der Waals surface area (Å²) < 4.78 is 0. The smallest absolute Gasteiger partial charge is 0.272 e. The number of non-ortho nitro benzene ring substituents is 1. The van der Waals surface area contributed by atoms with E-state index in [-0.39, 0.29) is 11.4 Å². The van der Waals surface area contributed by atoms with Gasteiger partial charge in [-0.05, 0) is 6.07 Å². The van der Waals surface area contributed by atoms with Gasteiger partial charge in [-0.15, -0.1) is 0 Å². The number of nitrogens with one attached hydrogen (secondary N) is 1. The maximum atomic E-state index is 10.6. The van der Waals surface area contributed by atoms with Crippen molar-refractivity contribution in [1.82, 2.24) is 0 Å². The Labute approximate surface area is 83.5 Å². The standard InChI is InChI=1S/C7H6N4O4/c1-8-9-6-3-2-5(10(12)13)4-7(6)11(14)15/h2-4,9H,1H2/i1+1. The Bertz CT molecular complexity index is 431. The summed E-state index contributed by atoms with van der Waals surface area (Å²) in [6.07, 6.45) is 0. The number of nitro benzene ring substituents is 2. The number of rotatable bonds is 4. The van der Waals surface area contributed by atoms with E-state index in [2.05, 4.69) is 17.2 Å². The Kier molecular flexibility index (Phi) is 2.91. The average molecular weight is 211 g/mol. The highest BCUT2D eigenvalue weighted by Crippen LogP contribution is 2.28. The first-order valence-electron chi connectivity index (χ1n) is 3.71. The van der Waals surface area contributed by atoms with Gasteiger partial charge in [-0.2, -0.15) is 5.10 Å². The zero-order valence-corrected chi connectivity index (χ0v) is 7.41. The largest absolute Gasteiger partial charge is 0.301 e. The third-order valence-corrected chi connectivity index (χ3v) is 1.59. The molecule has 0 heterocycles. The maximum absolute atomic E-state index is 10.6. The highest BCUT2D eigenvalue weighted by Gasteiger charge is 2.18. The van der Waals surface area contributed by atoms with E-state index in [1.54, 1.807) is 0 Å². The van der Waals surface area contributed by atoms with Crippen LogP contribution in [0.2, 0.25) is 0 Å². The Morgan fingerprint density at radius 1 is 1.27 bits per heavy atom. The number of hydrogen-bond donors (Lipinski definition) is 1. The third-order valence-electron chi connectivity index (χ3n) is 1.59. The van der Waals surface area contributed by atoms with Crippen LogP contribution in [0, 0.1) is 20.2 Å². The summed E-state index contributed by atoms with van der Waals surface area (Å²) in [6.45, 7) is 3.10. The summed E-state index contributed by atoms with van der Waals surface area (Å²) in [4.78, 5) is 19.5.